The number of phosphoric ester groups is 1. The van der Waals surface area contributed by atoms with Crippen LogP contribution >= 0.6 is 7.82 Å². The van der Waals surface area contributed by atoms with E-state index in [4.69, 9.17) is 24.3 Å². The summed E-state index contributed by atoms with van der Waals surface area (Å²) in [5, 5.41) is 0. The summed E-state index contributed by atoms with van der Waals surface area (Å²) < 4.78 is 32.9. The first kappa shape index (κ1) is 58.5. The van der Waals surface area contributed by atoms with E-state index in [2.05, 4.69) is 86.8 Å². The highest BCUT2D eigenvalue weighted by atomic mass is 31.2. The van der Waals surface area contributed by atoms with E-state index in [9.17, 15) is 19.0 Å². The first-order valence-corrected chi connectivity index (χ1v) is 25.9. The average Bonchev–Trinajstić information content (AvgIpc) is 3.25. The molecular weight excluding hydrogens is 786 g/mol. The van der Waals surface area contributed by atoms with E-state index >= 15 is 0 Å². The van der Waals surface area contributed by atoms with Gasteiger partial charge in [0, 0.05) is 19.4 Å². The molecule has 61 heavy (non-hydrogen) atoms. The summed E-state index contributed by atoms with van der Waals surface area (Å²) in [4.78, 5) is 35.0. The summed E-state index contributed by atoms with van der Waals surface area (Å²) in [6.07, 6.45) is 57.9. The number of unbranched alkanes of at least 4 members (excludes halogenated alkanes) is 20. The van der Waals surface area contributed by atoms with Crippen LogP contribution in [0.15, 0.2) is 72.9 Å². The van der Waals surface area contributed by atoms with Gasteiger partial charge in [0.2, 0.25) is 0 Å². The fourth-order valence-corrected chi connectivity index (χ4v) is 7.24. The normalized spacial score (nSPS) is 13.8. The molecule has 0 aromatic heterocycles. The van der Waals surface area contributed by atoms with Gasteiger partial charge in [0.15, 0.2) is 6.10 Å². The number of phosphoric acid groups is 1. The number of carbonyl (C=O) groups is 2. The lowest BCUT2D eigenvalue weighted by Crippen LogP contribution is -2.29. The van der Waals surface area contributed by atoms with Gasteiger partial charge in [0.1, 0.15) is 6.61 Å². The summed E-state index contributed by atoms with van der Waals surface area (Å²) >= 11 is 0. The van der Waals surface area contributed by atoms with Gasteiger partial charge in [-0.1, -0.05) is 183 Å². The molecule has 0 heterocycles. The van der Waals surface area contributed by atoms with Crippen LogP contribution in [0.25, 0.3) is 0 Å². The Bertz CT molecular complexity index is 1230. The molecule has 0 aromatic rings. The van der Waals surface area contributed by atoms with Crippen LogP contribution < -0.4 is 5.73 Å². The van der Waals surface area contributed by atoms with E-state index < -0.39 is 32.5 Å². The van der Waals surface area contributed by atoms with E-state index in [1.54, 1.807) is 0 Å². The molecule has 0 fully saturated rings. The smallest absolute Gasteiger partial charge is 0.462 e. The third-order valence-corrected chi connectivity index (χ3v) is 11.1. The molecule has 0 bridgehead atoms. The van der Waals surface area contributed by atoms with Crippen molar-refractivity contribution in [3.63, 3.8) is 0 Å². The highest BCUT2D eigenvalue weighted by Gasteiger charge is 2.26. The number of esters is 2. The van der Waals surface area contributed by atoms with Crippen molar-refractivity contribution in [3.8, 4) is 0 Å². The van der Waals surface area contributed by atoms with Crippen LogP contribution in [0, 0.1) is 0 Å². The lowest BCUT2D eigenvalue weighted by molar-refractivity contribution is -0.161. The van der Waals surface area contributed by atoms with Gasteiger partial charge in [-0.25, -0.2) is 4.57 Å². The molecule has 0 amide bonds. The van der Waals surface area contributed by atoms with Gasteiger partial charge in [0.25, 0.3) is 0 Å². The zero-order valence-electron chi connectivity index (χ0n) is 38.9. The molecule has 0 aliphatic rings. The van der Waals surface area contributed by atoms with Gasteiger partial charge < -0.3 is 20.1 Å². The Morgan fingerprint density at radius 1 is 0.508 bits per heavy atom. The second kappa shape index (κ2) is 46.9. The molecular formula is C51H90NO8P. The fraction of sp³-hybridized carbons (Fsp3) is 0.725. The lowest BCUT2D eigenvalue weighted by Gasteiger charge is -2.19. The number of allylic oxidation sites excluding steroid dienone is 12. The molecule has 9 nitrogen and oxygen atoms in total. The van der Waals surface area contributed by atoms with Gasteiger partial charge in [-0.15, -0.1) is 0 Å². The summed E-state index contributed by atoms with van der Waals surface area (Å²) in [5.74, 6) is -0.854. The van der Waals surface area contributed by atoms with Crippen molar-refractivity contribution >= 4 is 19.8 Å². The molecule has 0 aliphatic heterocycles. The van der Waals surface area contributed by atoms with Gasteiger partial charge in [-0.05, 0) is 83.5 Å². The first-order chi connectivity index (χ1) is 29.8. The maximum atomic E-state index is 12.6. The highest BCUT2D eigenvalue weighted by Crippen LogP contribution is 2.43. The molecule has 2 unspecified atom stereocenters. The molecule has 0 radical (unpaired) electrons. The predicted octanol–water partition coefficient (Wildman–Crippen LogP) is 14.6. The van der Waals surface area contributed by atoms with Gasteiger partial charge >= 0.3 is 19.8 Å². The molecule has 3 N–H and O–H groups in total. The standard InChI is InChI=1S/C51H90NO8P/c1-3-5-7-9-11-13-15-17-19-21-23-24-26-28-30-32-34-36-38-40-42-44-51(54)60-49(48-59-61(55,56)58-46-45-52)47-57-50(53)43-41-39-37-35-33-31-29-27-25-22-20-18-16-14-12-10-8-6-4-2/h5,7,11,13,17-20,23-24,28,30,49H,3-4,6,8-10,12,14-16,21-22,25-27,29,31-48,52H2,1-2H3,(H,55,56)/b7-5-,13-11-,19-17-,20-18-,24-23-,30-28-. The van der Waals surface area contributed by atoms with Crippen molar-refractivity contribution in [1.82, 2.24) is 0 Å². The average molecular weight is 876 g/mol. The summed E-state index contributed by atoms with van der Waals surface area (Å²) in [7, 11) is -4.39. The number of carbonyl (C=O) groups excluding carboxylic acids is 2. The number of rotatable bonds is 45. The summed E-state index contributed by atoms with van der Waals surface area (Å²) in [6.45, 7) is 3.60. The van der Waals surface area contributed by atoms with Crippen molar-refractivity contribution in [2.75, 3.05) is 26.4 Å². The number of nitrogens with two attached hydrogens (primary N) is 1. The Hall–Kier alpha value is -2.55. The molecule has 0 aliphatic carbocycles. The van der Waals surface area contributed by atoms with Crippen LogP contribution in [0.1, 0.15) is 206 Å². The van der Waals surface area contributed by atoms with Crippen molar-refractivity contribution < 1.29 is 37.6 Å². The minimum Gasteiger partial charge on any atom is -0.462 e. The lowest BCUT2D eigenvalue weighted by atomic mass is 10.1. The van der Waals surface area contributed by atoms with Crippen LogP contribution in [0.2, 0.25) is 0 Å². The summed E-state index contributed by atoms with van der Waals surface area (Å²) in [6, 6.07) is 0. The van der Waals surface area contributed by atoms with Crippen molar-refractivity contribution in [2.24, 2.45) is 5.73 Å². The third-order valence-electron chi connectivity index (χ3n) is 10.1. The third kappa shape index (κ3) is 46.8. The maximum Gasteiger partial charge on any atom is 0.472 e. The van der Waals surface area contributed by atoms with E-state index in [0.29, 0.717) is 6.42 Å². The Morgan fingerprint density at radius 3 is 1.36 bits per heavy atom. The highest BCUT2D eigenvalue weighted by molar-refractivity contribution is 7.47. The topological polar surface area (TPSA) is 134 Å². The summed E-state index contributed by atoms with van der Waals surface area (Å²) in [5.41, 5.74) is 5.36. The van der Waals surface area contributed by atoms with Crippen LogP contribution in [0.3, 0.4) is 0 Å². The molecule has 2 atom stereocenters. The van der Waals surface area contributed by atoms with Crippen LogP contribution in [0.5, 0.6) is 0 Å². The van der Waals surface area contributed by atoms with Crippen LogP contribution in [-0.4, -0.2) is 49.3 Å². The quantitative estimate of drug-likeness (QED) is 0.0265. The van der Waals surface area contributed by atoms with E-state index in [1.807, 2.05) is 0 Å². The van der Waals surface area contributed by atoms with Crippen molar-refractivity contribution in [1.29, 1.82) is 0 Å². The second-order valence-electron chi connectivity index (χ2n) is 15.9. The molecule has 0 rings (SSSR count). The van der Waals surface area contributed by atoms with Crippen molar-refractivity contribution in [3.05, 3.63) is 72.9 Å². The van der Waals surface area contributed by atoms with Crippen LogP contribution in [-0.2, 0) is 32.7 Å². The zero-order valence-corrected chi connectivity index (χ0v) is 39.8. The van der Waals surface area contributed by atoms with E-state index in [0.717, 1.165) is 83.5 Å². The Morgan fingerprint density at radius 2 is 0.902 bits per heavy atom. The largest absolute Gasteiger partial charge is 0.472 e. The zero-order chi connectivity index (χ0) is 44.6. The molecule has 0 saturated heterocycles. The van der Waals surface area contributed by atoms with Crippen LogP contribution in [0.4, 0.5) is 0 Å². The number of ether oxygens (including phenoxy) is 2. The molecule has 0 spiro atoms. The van der Waals surface area contributed by atoms with Gasteiger partial charge in [0.05, 0.1) is 13.2 Å². The molecule has 0 aromatic carbocycles. The van der Waals surface area contributed by atoms with E-state index in [1.165, 1.54) is 89.9 Å². The minimum absolute atomic E-state index is 0.0464. The first-order valence-electron chi connectivity index (χ1n) is 24.4. The van der Waals surface area contributed by atoms with Crippen molar-refractivity contribution in [2.45, 2.75) is 213 Å². The molecule has 352 valence electrons. The Balaban J connectivity index is 4.14. The van der Waals surface area contributed by atoms with Gasteiger partial charge in [-0.3, -0.25) is 18.6 Å². The Kier molecular flexibility index (Phi) is 45.0. The molecule has 10 heteroatoms. The van der Waals surface area contributed by atoms with E-state index in [-0.39, 0.29) is 32.6 Å². The number of hydrogen-bond acceptors (Lipinski definition) is 8. The fourth-order valence-electron chi connectivity index (χ4n) is 6.48. The second-order valence-corrected chi connectivity index (χ2v) is 17.4. The number of hydrogen-bond donors (Lipinski definition) is 2. The predicted molar refractivity (Wildman–Crippen MR) is 256 cm³/mol. The minimum atomic E-state index is -4.39. The SMILES string of the molecule is CC/C=C\C/C=C\C/C=C\C/C=C\C/C=C\CCCCCCCC(=O)OC(COC(=O)CCCCCCCCCCC/C=C\CCCCCCCC)COP(=O)(O)OCCN. The monoisotopic (exact) mass is 876 g/mol. The maximum absolute atomic E-state index is 12.6. The van der Waals surface area contributed by atoms with Gasteiger partial charge in [-0.2, -0.15) is 0 Å². The Labute approximate surface area is 373 Å². The molecule has 0 saturated carbocycles.